The van der Waals surface area contributed by atoms with Crippen molar-refractivity contribution in [1.29, 1.82) is 0 Å². The second-order valence-electron chi connectivity index (χ2n) is 3.97. The lowest BCUT2D eigenvalue weighted by Crippen LogP contribution is -2.54. The number of aromatic nitrogens is 1. The van der Waals surface area contributed by atoms with Crippen LogP contribution in [0.3, 0.4) is 0 Å². The number of rotatable bonds is 2. The molecule has 0 saturated carbocycles. The molecule has 0 bridgehead atoms. The number of likely N-dealkylation sites (tertiary alicyclic amines) is 1. The molecule has 1 aromatic heterocycles. The van der Waals surface area contributed by atoms with E-state index < -0.39 is 0 Å². The van der Waals surface area contributed by atoms with Crippen molar-refractivity contribution in [2.75, 3.05) is 6.54 Å². The molecule has 1 aromatic rings. The van der Waals surface area contributed by atoms with E-state index in [1.54, 1.807) is 6.26 Å². The summed E-state index contributed by atoms with van der Waals surface area (Å²) in [4.78, 5) is 2.41. The molecule has 3 heteroatoms. The summed E-state index contributed by atoms with van der Waals surface area (Å²) in [6.07, 6.45) is 2.91. The summed E-state index contributed by atoms with van der Waals surface area (Å²) < 4.78 is 4.78. The fourth-order valence-corrected chi connectivity index (χ4v) is 1.52. The van der Waals surface area contributed by atoms with Crippen molar-refractivity contribution in [3.63, 3.8) is 0 Å². The maximum atomic E-state index is 4.78. The van der Waals surface area contributed by atoms with Crippen molar-refractivity contribution in [2.45, 2.75) is 32.4 Å². The topological polar surface area (TPSA) is 29.3 Å². The van der Waals surface area contributed by atoms with Crippen LogP contribution in [-0.4, -0.2) is 22.1 Å². The Bertz CT molecular complexity index is 254. The van der Waals surface area contributed by atoms with Crippen molar-refractivity contribution >= 4 is 0 Å². The second kappa shape index (κ2) is 2.59. The smallest absolute Gasteiger partial charge is 0.124 e. The summed E-state index contributed by atoms with van der Waals surface area (Å²) >= 11 is 0. The van der Waals surface area contributed by atoms with Crippen LogP contribution in [0.25, 0.3) is 0 Å². The molecule has 1 saturated heterocycles. The van der Waals surface area contributed by atoms with E-state index in [-0.39, 0.29) is 0 Å². The van der Waals surface area contributed by atoms with Gasteiger partial charge in [0.05, 0.1) is 5.69 Å². The van der Waals surface area contributed by atoms with Gasteiger partial charge in [-0.15, -0.1) is 0 Å². The minimum absolute atomic E-state index is 0.360. The van der Waals surface area contributed by atoms with Crippen LogP contribution in [0.1, 0.15) is 26.0 Å². The summed E-state index contributed by atoms with van der Waals surface area (Å²) in [7, 11) is 0. The summed E-state index contributed by atoms with van der Waals surface area (Å²) in [6.45, 7) is 6.62. The van der Waals surface area contributed by atoms with Gasteiger partial charge in [-0.25, -0.2) is 0 Å². The van der Waals surface area contributed by atoms with Gasteiger partial charge in [0.2, 0.25) is 0 Å². The highest BCUT2D eigenvalue weighted by Gasteiger charge is 2.35. The van der Waals surface area contributed by atoms with Crippen molar-refractivity contribution in [3.8, 4) is 0 Å². The van der Waals surface area contributed by atoms with Crippen LogP contribution >= 0.6 is 0 Å². The summed E-state index contributed by atoms with van der Waals surface area (Å²) in [5, 5.41) is 3.89. The Kier molecular flexibility index (Phi) is 1.68. The van der Waals surface area contributed by atoms with Crippen LogP contribution in [0, 0.1) is 0 Å². The zero-order chi connectivity index (χ0) is 8.60. The van der Waals surface area contributed by atoms with Gasteiger partial charge in [-0.05, 0) is 20.3 Å². The van der Waals surface area contributed by atoms with Crippen LogP contribution in [0.4, 0.5) is 0 Å². The van der Waals surface area contributed by atoms with Gasteiger partial charge >= 0.3 is 0 Å². The third-order valence-electron chi connectivity index (χ3n) is 2.69. The summed E-state index contributed by atoms with van der Waals surface area (Å²) in [6, 6.07) is 1.92. The Morgan fingerprint density at radius 2 is 2.50 bits per heavy atom. The molecule has 1 aliphatic rings. The summed E-state index contributed by atoms with van der Waals surface area (Å²) in [5.41, 5.74) is 1.39. The molecule has 1 fully saturated rings. The minimum Gasteiger partial charge on any atom is -0.364 e. The highest BCUT2D eigenvalue weighted by molar-refractivity contribution is 5.00. The monoisotopic (exact) mass is 166 g/mol. The van der Waals surface area contributed by atoms with Crippen LogP contribution in [0.15, 0.2) is 16.9 Å². The minimum atomic E-state index is 0.360. The molecule has 0 aliphatic carbocycles. The van der Waals surface area contributed by atoms with Crippen molar-refractivity contribution in [1.82, 2.24) is 10.1 Å². The number of hydrogen-bond acceptors (Lipinski definition) is 3. The molecule has 3 nitrogen and oxygen atoms in total. The van der Waals surface area contributed by atoms with E-state index >= 15 is 0 Å². The molecule has 0 atom stereocenters. The van der Waals surface area contributed by atoms with E-state index in [1.807, 2.05) is 6.07 Å². The van der Waals surface area contributed by atoms with Crippen LogP contribution < -0.4 is 0 Å². The first kappa shape index (κ1) is 7.80. The van der Waals surface area contributed by atoms with Gasteiger partial charge in [0.1, 0.15) is 6.26 Å². The van der Waals surface area contributed by atoms with Gasteiger partial charge < -0.3 is 4.52 Å². The zero-order valence-electron chi connectivity index (χ0n) is 7.58. The molecule has 1 aliphatic heterocycles. The molecule has 0 aromatic carbocycles. The van der Waals surface area contributed by atoms with E-state index in [1.165, 1.54) is 13.0 Å². The van der Waals surface area contributed by atoms with E-state index in [9.17, 15) is 0 Å². The SMILES string of the molecule is CC1(C)CCN1Cc1ccon1. The van der Waals surface area contributed by atoms with Gasteiger partial charge in [-0.3, -0.25) is 4.90 Å². The fraction of sp³-hybridized carbons (Fsp3) is 0.667. The second-order valence-corrected chi connectivity index (χ2v) is 3.97. The predicted molar refractivity (Wildman–Crippen MR) is 45.6 cm³/mol. The molecule has 66 valence electrons. The lowest BCUT2D eigenvalue weighted by Gasteiger charge is -2.48. The number of nitrogens with zero attached hydrogens (tertiary/aromatic N) is 2. The van der Waals surface area contributed by atoms with Gasteiger partial charge in [-0.1, -0.05) is 5.16 Å². The summed E-state index contributed by atoms with van der Waals surface area (Å²) in [5.74, 6) is 0. The van der Waals surface area contributed by atoms with Gasteiger partial charge in [-0.2, -0.15) is 0 Å². The van der Waals surface area contributed by atoms with Crippen molar-refractivity contribution < 1.29 is 4.52 Å². The van der Waals surface area contributed by atoms with E-state index in [0.29, 0.717) is 5.54 Å². The lowest BCUT2D eigenvalue weighted by molar-refractivity contribution is 0.00613. The maximum Gasteiger partial charge on any atom is 0.124 e. The van der Waals surface area contributed by atoms with Crippen LogP contribution in [-0.2, 0) is 6.54 Å². The van der Waals surface area contributed by atoms with Gasteiger partial charge in [0.25, 0.3) is 0 Å². The first-order valence-electron chi connectivity index (χ1n) is 4.33. The third kappa shape index (κ3) is 1.25. The first-order valence-corrected chi connectivity index (χ1v) is 4.33. The van der Waals surface area contributed by atoms with Crippen LogP contribution in [0.5, 0.6) is 0 Å². The molecule has 0 radical (unpaired) electrons. The van der Waals surface area contributed by atoms with Crippen molar-refractivity contribution in [3.05, 3.63) is 18.0 Å². The molecular weight excluding hydrogens is 152 g/mol. The van der Waals surface area contributed by atoms with Gasteiger partial charge in [0, 0.05) is 24.7 Å². The Labute approximate surface area is 72.3 Å². The molecule has 2 heterocycles. The highest BCUT2D eigenvalue weighted by Crippen LogP contribution is 2.30. The largest absolute Gasteiger partial charge is 0.364 e. The molecule has 0 N–H and O–H groups in total. The molecule has 0 amide bonds. The average Bonchev–Trinajstić information content (AvgIpc) is 2.50. The molecule has 0 unspecified atom stereocenters. The molecule has 2 rings (SSSR count). The first-order chi connectivity index (χ1) is 5.68. The van der Waals surface area contributed by atoms with Crippen molar-refractivity contribution in [2.24, 2.45) is 0 Å². The molecule has 12 heavy (non-hydrogen) atoms. The third-order valence-corrected chi connectivity index (χ3v) is 2.69. The lowest BCUT2D eigenvalue weighted by atomic mass is 9.89. The standard InChI is InChI=1S/C9H14N2O/c1-9(2)4-5-11(9)7-8-3-6-12-10-8/h3,6H,4-5,7H2,1-2H3. The normalized spacial score (nSPS) is 22.2. The average molecular weight is 166 g/mol. The quantitative estimate of drug-likeness (QED) is 0.669. The maximum absolute atomic E-state index is 4.78. The predicted octanol–water partition coefficient (Wildman–Crippen LogP) is 1.66. The van der Waals surface area contributed by atoms with Crippen LogP contribution in [0.2, 0.25) is 0 Å². The highest BCUT2D eigenvalue weighted by atomic mass is 16.5. The zero-order valence-corrected chi connectivity index (χ0v) is 7.58. The Morgan fingerprint density at radius 1 is 1.67 bits per heavy atom. The Balaban J connectivity index is 1.97. The Hall–Kier alpha value is -0.830. The molecule has 0 spiro atoms. The molecular formula is C9H14N2O. The fourth-order valence-electron chi connectivity index (χ4n) is 1.52. The van der Waals surface area contributed by atoms with E-state index in [0.717, 1.165) is 12.2 Å². The van der Waals surface area contributed by atoms with E-state index in [2.05, 4.69) is 23.9 Å². The number of hydrogen-bond donors (Lipinski definition) is 0. The Morgan fingerprint density at radius 3 is 2.92 bits per heavy atom. The van der Waals surface area contributed by atoms with E-state index in [4.69, 9.17) is 4.52 Å². The van der Waals surface area contributed by atoms with Gasteiger partial charge in [0.15, 0.2) is 0 Å².